The van der Waals surface area contributed by atoms with Crippen molar-refractivity contribution in [3.05, 3.63) is 53.0 Å². The third kappa shape index (κ3) is 9.03. The number of carbonyl (C=O) groups is 4. The Bertz CT molecular complexity index is 1420. The highest BCUT2D eigenvalue weighted by Crippen LogP contribution is 2.33. The Hall–Kier alpha value is -3.46. The van der Waals surface area contributed by atoms with Gasteiger partial charge in [0, 0.05) is 37.5 Å². The summed E-state index contributed by atoms with van der Waals surface area (Å²) in [4.78, 5) is 52.8. The average molecular weight is 622 g/mol. The van der Waals surface area contributed by atoms with Crippen LogP contribution in [0.3, 0.4) is 0 Å². The van der Waals surface area contributed by atoms with Gasteiger partial charge in [-0.25, -0.2) is 0 Å². The van der Waals surface area contributed by atoms with E-state index in [-0.39, 0.29) is 41.9 Å². The lowest BCUT2D eigenvalue weighted by Gasteiger charge is -2.27. The number of fused-ring (bicyclic) bond motifs is 1. The monoisotopic (exact) mass is 621 g/mol. The zero-order valence-corrected chi connectivity index (χ0v) is 27.3. The summed E-state index contributed by atoms with van der Waals surface area (Å²) in [6.07, 6.45) is 9.08. The first-order valence-electron chi connectivity index (χ1n) is 16.1. The molecule has 0 saturated heterocycles. The van der Waals surface area contributed by atoms with Gasteiger partial charge in [0.25, 0.3) is 0 Å². The highest BCUT2D eigenvalue weighted by Gasteiger charge is 2.29. The lowest BCUT2D eigenvalue weighted by molar-refractivity contribution is -0.140. The van der Waals surface area contributed by atoms with Gasteiger partial charge >= 0.3 is 5.97 Å². The molecule has 238 valence electrons. The van der Waals surface area contributed by atoms with Crippen molar-refractivity contribution in [2.75, 3.05) is 25.1 Å². The number of esters is 1. The van der Waals surface area contributed by atoms with Gasteiger partial charge in [-0.3, -0.25) is 19.2 Å². The van der Waals surface area contributed by atoms with E-state index in [2.05, 4.69) is 10.1 Å². The van der Waals surface area contributed by atoms with Crippen LogP contribution in [0.1, 0.15) is 93.6 Å². The summed E-state index contributed by atoms with van der Waals surface area (Å²) in [6.45, 7) is 5.33. The molecule has 1 aromatic carbocycles. The number of ketones is 1. The van der Waals surface area contributed by atoms with E-state index in [1.54, 1.807) is 16.2 Å². The molecule has 0 atom stereocenters. The molecule has 0 bridgehead atoms. The fourth-order valence-electron chi connectivity index (χ4n) is 6.28. The van der Waals surface area contributed by atoms with Gasteiger partial charge in [0.05, 0.1) is 23.0 Å². The summed E-state index contributed by atoms with van der Waals surface area (Å²) in [7, 11) is 1.41. The standard InChI is InChI=1S/C35H47N3O5S/c1-4-37(28-12-10-11-25(2)21-28)33(40)24-38-29-18-20-44-32(29)23-30(38)31(39)22-26-14-16-27(17-15-26)35(42)36-19-9-7-5-6-8-13-34(41)43-3/h10-12,18,20-21,23,26-27H,4-9,13-17,19,22,24H2,1-3H3,(H,36,42). The lowest BCUT2D eigenvalue weighted by atomic mass is 9.79. The molecular formula is C35H47N3O5S. The van der Waals surface area contributed by atoms with E-state index in [1.807, 2.05) is 60.2 Å². The summed E-state index contributed by atoms with van der Waals surface area (Å²) < 4.78 is 7.57. The van der Waals surface area contributed by atoms with Crippen molar-refractivity contribution >= 4 is 50.8 Å². The van der Waals surface area contributed by atoms with Crippen molar-refractivity contribution in [2.45, 2.75) is 91.0 Å². The molecule has 2 amide bonds. The Labute approximate surface area is 265 Å². The van der Waals surface area contributed by atoms with Gasteiger partial charge < -0.3 is 19.5 Å². The maximum atomic E-state index is 13.6. The third-order valence-corrected chi connectivity index (χ3v) is 9.66. The Morgan fingerprint density at radius 3 is 2.48 bits per heavy atom. The van der Waals surface area contributed by atoms with E-state index in [0.717, 1.165) is 79.3 Å². The molecule has 0 radical (unpaired) electrons. The lowest BCUT2D eigenvalue weighted by Crippen LogP contribution is -2.35. The third-order valence-electron chi connectivity index (χ3n) is 8.81. The van der Waals surface area contributed by atoms with Gasteiger partial charge in [-0.05, 0) is 93.5 Å². The van der Waals surface area contributed by atoms with Crippen molar-refractivity contribution < 1.29 is 23.9 Å². The van der Waals surface area contributed by atoms with Crippen molar-refractivity contribution in [2.24, 2.45) is 11.8 Å². The van der Waals surface area contributed by atoms with Gasteiger partial charge in [-0.15, -0.1) is 11.3 Å². The minimum atomic E-state index is -0.157. The molecule has 2 aromatic heterocycles. The number of ether oxygens (including phenoxy) is 1. The number of anilines is 1. The molecule has 3 aromatic rings. The SMILES string of the molecule is CCN(C(=O)Cn1c(C(=O)CC2CCC(C(=O)NCCCCCCCC(=O)OC)CC2)cc2sccc21)c1cccc(C)c1. The van der Waals surface area contributed by atoms with Crippen LogP contribution < -0.4 is 10.2 Å². The van der Waals surface area contributed by atoms with Crippen LogP contribution in [0.2, 0.25) is 0 Å². The minimum Gasteiger partial charge on any atom is -0.469 e. The number of methoxy groups -OCH3 is 1. The van der Waals surface area contributed by atoms with Crippen molar-refractivity contribution in [3.63, 3.8) is 0 Å². The number of hydrogen-bond donors (Lipinski definition) is 1. The smallest absolute Gasteiger partial charge is 0.305 e. The number of Topliss-reactive ketones (excluding diaryl/α,β-unsaturated/α-hetero) is 1. The van der Waals surface area contributed by atoms with Crippen LogP contribution in [0.15, 0.2) is 41.8 Å². The Morgan fingerprint density at radius 2 is 1.75 bits per heavy atom. The molecule has 1 N–H and O–H groups in total. The molecule has 0 unspecified atom stereocenters. The molecule has 4 rings (SSSR count). The zero-order valence-electron chi connectivity index (χ0n) is 26.4. The second-order valence-electron chi connectivity index (χ2n) is 12.0. The number of amides is 2. The summed E-state index contributed by atoms with van der Waals surface area (Å²) in [5.41, 5.74) is 3.49. The maximum absolute atomic E-state index is 13.6. The normalized spacial score (nSPS) is 16.5. The van der Waals surface area contributed by atoms with Crippen LogP contribution in [0.25, 0.3) is 10.2 Å². The van der Waals surface area contributed by atoms with Gasteiger partial charge in [0.1, 0.15) is 6.54 Å². The fraction of sp³-hybridized carbons (Fsp3) is 0.543. The van der Waals surface area contributed by atoms with Gasteiger partial charge in [-0.1, -0.05) is 31.4 Å². The predicted octanol–water partition coefficient (Wildman–Crippen LogP) is 7.07. The number of benzene rings is 1. The van der Waals surface area contributed by atoms with Crippen LogP contribution in [-0.2, 0) is 25.7 Å². The van der Waals surface area contributed by atoms with E-state index in [4.69, 9.17) is 0 Å². The second-order valence-corrected chi connectivity index (χ2v) is 12.9. The van der Waals surface area contributed by atoms with Crippen LogP contribution >= 0.6 is 11.3 Å². The second kappa shape index (κ2) is 16.6. The van der Waals surface area contributed by atoms with Crippen molar-refractivity contribution in [1.29, 1.82) is 0 Å². The van der Waals surface area contributed by atoms with Crippen LogP contribution in [-0.4, -0.2) is 48.3 Å². The number of hydrogen-bond acceptors (Lipinski definition) is 6. The molecule has 8 nitrogen and oxygen atoms in total. The first kappa shape index (κ1) is 33.4. The zero-order chi connectivity index (χ0) is 31.5. The van der Waals surface area contributed by atoms with Crippen LogP contribution in [0.5, 0.6) is 0 Å². The predicted molar refractivity (Wildman–Crippen MR) is 176 cm³/mol. The summed E-state index contributed by atoms with van der Waals surface area (Å²) in [5.74, 6) is 0.251. The molecule has 1 aliphatic carbocycles. The topological polar surface area (TPSA) is 97.7 Å². The summed E-state index contributed by atoms with van der Waals surface area (Å²) in [5, 5.41) is 5.10. The summed E-state index contributed by atoms with van der Waals surface area (Å²) >= 11 is 1.58. The molecular weight excluding hydrogens is 574 g/mol. The van der Waals surface area contributed by atoms with E-state index >= 15 is 0 Å². The van der Waals surface area contributed by atoms with Crippen LogP contribution in [0, 0.1) is 18.8 Å². The number of aryl methyl sites for hydroxylation is 1. The first-order valence-corrected chi connectivity index (χ1v) is 17.0. The number of nitrogens with zero attached hydrogens (tertiary/aromatic N) is 2. The van der Waals surface area contributed by atoms with Crippen molar-refractivity contribution in [1.82, 2.24) is 9.88 Å². The minimum absolute atomic E-state index is 0.00915. The highest BCUT2D eigenvalue weighted by atomic mass is 32.1. The van der Waals surface area contributed by atoms with Gasteiger partial charge in [-0.2, -0.15) is 0 Å². The molecule has 1 fully saturated rings. The highest BCUT2D eigenvalue weighted by molar-refractivity contribution is 7.17. The van der Waals surface area contributed by atoms with Crippen LogP contribution in [0.4, 0.5) is 5.69 Å². The number of aromatic nitrogens is 1. The van der Waals surface area contributed by atoms with Gasteiger partial charge in [0.15, 0.2) is 5.78 Å². The molecule has 1 aliphatic rings. The summed E-state index contributed by atoms with van der Waals surface area (Å²) in [6, 6.07) is 11.9. The number of rotatable bonds is 16. The number of unbranched alkanes of at least 4 members (excludes halogenated alkanes) is 4. The number of thiophene rings is 1. The van der Waals surface area contributed by atoms with E-state index in [0.29, 0.717) is 31.6 Å². The largest absolute Gasteiger partial charge is 0.469 e. The Balaban J connectivity index is 1.25. The van der Waals surface area contributed by atoms with E-state index in [1.165, 1.54) is 7.11 Å². The quantitative estimate of drug-likeness (QED) is 0.105. The fourth-order valence-corrected chi connectivity index (χ4v) is 7.10. The van der Waals surface area contributed by atoms with Gasteiger partial charge in [0.2, 0.25) is 11.8 Å². The molecule has 9 heteroatoms. The number of carbonyl (C=O) groups excluding carboxylic acids is 4. The van der Waals surface area contributed by atoms with Crippen molar-refractivity contribution in [3.8, 4) is 0 Å². The first-order chi connectivity index (χ1) is 21.3. The Kier molecular flexibility index (Phi) is 12.6. The number of likely N-dealkylation sites (N-methyl/N-ethyl adjacent to an activating group) is 1. The molecule has 1 saturated carbocycles. The van der Waals surface area contributed by atoms with E-state index < -0.39 is 0 Å². The molecule has 44 heavy (non-hydrogen) atoms. The molecule has 2 heterocycles. The maximum Gasteiger partial charge on any atom is 0.305 e. The Morgan fingerprint density at radius 1 is 1.00 bits per heavy atom. The molecule has 0 aliphatic heterocycles. The number of nitrogens with one attached hydrogen (secondary N) is 1. The molecule has 0 spiro atoms. The van der Waals surface area contributed by atoms with E-state index in [9.17, 15) is 19.2 Å². The average Bonchev–Trinajstić information content (AvgIpc) is 3.61.